The van der Waals surface area contributed by atoms with E-state index in [1.807, 2.05) is 87.4 Å². The lowest BCUT2D eigenvalue weighted by Crippen LogP contribution is -2.43. The van der Waals surface area contributed by atoms with Crippen LogP contribution in [0.1, 0.15) is 94.2 Å². The molecular weight excluding hydrogens is 424 g/mol. The number of rotatable bonds is 10. The molecule has 5 N–H and O–H groups in total. The van der Waals surface area contributed by atoms with Crippen molar-refractivity contribution >= 4 is 22.7 Å². The first kappa shape index (κ1) is 36.2. The molecule has 0 aliphatic heterocycles. The number of nitrogens with two attached hydrogens (primary N) is 1. The fourth-order valence-electron chi connectivity index (χ4n) is 3.08. The summed E-state index contributed by atoms with van der Waals surface area (Å²) in [6.45, 7) is 20.4. The van der Waals surface area contributed by atoms with Crippen LogP contribution in [-0.4, -0.2) is 35.9 Å². The molecule has 1 aromatic carbocycles. The Morgan fingerprint density at radius 1 is 0.971 bits per heavy atom. The maximum atomic E-state index is 12.4. The first-order valence-electron chi connectivity index (χ1n) is 13.4. The van der Waals surface area contributed by atoms with E-state index >= 15 is 0 Å². The third-order valence-electron chi connectivity index (χ3n) is 4.64. The minimum absolute atomic E-state index is 0.0105. The van der Waals surface area contributed by atoms with Crippen molar-refractivity contribution in [1.29, 1.82) is 0 Å². The highest BCUT2D eigenvalue weighted by Gasteiger charge is 2.18. The summed E-state index contributed by atoms with van der Waals surface area (Å²) in [6, 6.07) is 10.3. The number of H-pyrrole nitrogens is 1. The third kappa shape index (κ3) is 15.5. The Balaban J connectivity index is -0.00000108. The van der Waals surface area contributed by atoms with Crippen LogP contribution >= 0.6 is 0 Å². The summed E-state index contributed by atoms with van der Waals surface area (Å²) in [5, 5.41) is 6.76. The van der Waals surface area contributed by atoms with E-state index in [1.54, 1.807) is 0 Å². The normalized spacial score (nSPS) is 10.9. The molecule has 0 saturated carbocycles. The van der Waals surface area contributed by atoms with Crippen molar-refractivity contribution in [3.63, 3.8) is 0 Å². The minimum Gasteiger partial charge on any atom is -0.358 e. The smallest absolute Gasteiger partial charge is 0.239 e. The molecule has 2 rings (SSSR count). The summed E-state index contributed by atoms with van der Waals surface area (Å²) in [5.41, 5.74) is 7.71. The quantitative estimate of drug-likeness (QED) is 0.327. The van der Waals surface area contributed by atoms with E-state index in [0.717, 1.165) is 36.9 Å². The lowest BCUT2D eigenvalue weighted by molar-refractivity contribution is -0.129. The number of amides is 2. The number of fused-ring (bicyclic) bond motifs is 1. The first-order chi connectivity index (χ1) is 16.5. The van der Waals surface area contributed by atoms with E-state index in [1.165, 1.54) is 5.39 Å². The number of aromatic nitrogens is 1. The van der Waals surface area contributed by atoms with Crippen molar-refractivity contribution < 1.29 is 9.59 Å². The van der Waals surface area contributed by atoms with E-state index in [9.17, 15) is 9.59 Å². The van der Waals surface area contributed by atoms with Gasteiger partial charge in [0.25, 0.3) is 0 Å². The molecule has 198 valence electrons. The summed E-state index contributed by atoms with van der Waals surface area (Å²) in [5.74, 6) is -0.342. The maximum Gasteiger partial charge on any atom is 0.239 e. The minimum atomic E-state index is -0.176. The molecule has 6 nitrogen and oxygen atoms in total. The lowest BCUT2D eigenvalue weighted by atomic mass is 9.98. The van der Waals surface area contributed by atoms with Crippen LogP contribution in [0.15, 0.2) is 30.3 Å². The molecule has 1 heterocycles. The molecule has 1 aromatic heterocycles. The van der Waals surface area contributed by atoms with Crippen LogP contribution in [0.2, 0.25) is 0 Å². The second-order valence-electron chi connectivity index (χ2n) is 6.79. The molecule has 2 unspecified atom stereocenters. The number of carbonyl (C=O) groups is 2. The molecule has 0 aliphatic rings. The Morgan fingerprint density at radius 2 is 1.56 bits per heavy atom. The molecule has 0 spiro atoms. The van der Waals surface area contributed by atoms with Gasteiger partial charge in [0.1, 0.15) is 0 Å². The molecule has 0 fully saturated rings. The van der Waals surface area contributed by atoms with Gasteiger partial charge in [0, 0.05) is 23.2 Å². The fraction of sp³-hybridized carbons (Fsp3) is 0.643. The zero-order valence-corrected chi connectivity index (χ0v) is 23.7. The van der Waals surface area contributed by atoms with E-state index < -0.39 is 0 Å². The van der Waals surface area contributed by atoms with Gasteiger partial charge in [0.2, 0.25) is 11.8 Å². The zero-order valence-electron chi connectivity index (χ0n) is 23.7. The Labute approximate surface area is 209 Å². The lowest BCUT2D eigenvalue weighted by Gasteiger charge is -2.16. The van der Waals surface area contributed by atoms with Gasteiger partial charge >= 0.3 is 0 Å². The Hall–Kier alpha value is -2.34. The SMILES string of the molecule is CC.CC.CC.CC.CCC(CCc1cc2ccccc2[nH]1)C(=O)NCC(=O)NC(C)CCN. The number of aromatic amines is 1. The largest absolute Gasteiger partial charge is 0.358 e. The Bertz CT molecular complexity index is 695. The van der Waals surface area contributed by atoms with Gasteiger partial charge < -0.3 is 21.4 Å². The molecular formula is C28H54N4O2. The third-order valence-corrected chi connectivity index (χ3v) is 4.64. The second kappa shape index (κ2) is 25.3. The van der Waals surface area contributed by atoms with E-state index in [-0.39, 0.29) is 30.3 Å². The number of nitrogens with one attached hydrogen (secondary N) is 3. The van der Waals surface area contributed by atoms with Crippen molar-refractivity contribution in [1.82, 2.24) is 15.6 Å². The molecule has 34 heavy (non-hydrogen) atoms. The van der Waals surface area contributed by atoms with Gasteiger partial charge in [-0.2, -0.15) is 0 Å². The van der Waals surface area contributed by atoms with Gasteiger partial charge in [0.05, 0.1) is 6.54 Å². The van der Waals surface area contributed by atoms with Crippen LogP contribution in [0.25, 0.3) is 10.9 Å². The van der Waals surface area contributed by atoms with Gasteiger partial charge in [-0.1, -0.05) is 80.5 Å². The van der Waals surface area contributed by atoms with Gasteiger partial charge in [0.15, 0.2) is 0 Å². The first-order valence-corrected chi connectivity index (χ1v) is 13.4. The van der Waals surface area contributed by atoms with Crippen LogP contribution in [-0.2, 0) is 16.0 Å². The van der Waals surface area contributed by atoms with Crippen LogP contribution < -0.4 is 16.4 Å². The zero-order chi connectivity index (χ0) is 26.9. The van der Waals surface area contributed by atoms with Crippen molar-refractivity contribution in [2.75, 3.05) is 13.1 Å². The second-order valence-corrected chi connectivity index (χ2v) is 6.79. The van der Waals surface area contributed by atoms with Crippen molar-refractivity contribution in [2.45, 2.75) is 101 Å². The molecule has 6 heteroatoms. The van der Waals surface area contributed by atoms with Crippen molar-refractivity contribution in [3.8, 4) is 0 Å². The molecule has 0 radical (unpaired) electrons. The average molecular weight is 479 g/mol. The predicted octanol–water partition coefficient (Wildman–Crippen LogP) is 6.20. The maximum absolute atomic E-state index is 12.4. The van der Waals surface area contributed by atoms with Gasteiger partial charge in [-0.25, -0.2) is 0 Å². The van der Waals surface area contributed by atoms with Gasteiger partial charge in [-0.05, 0) is 56.7 Å². The summed E-state index contributed by atoms with van der Waals surface area (Å²) >= 11 is 0. The van der Waals surface area contributed by atoms with Crippen LogP contribution in [0.3, 0.4) is 0 Å². The standard InChI is InChI=1S/C20H30N4O2.4C2H6/c1-3-15(20(26)22-13-19(25)23-14(2)10-11-21)8-9-17-12-16-6-4-5-7-18(16)24-17;4*1-2/h4-7,12,14-15,24H,3,8-11,13,21H2,1-2H3,(H,22,26)(H,23,25);4*1-2H3. The fourth-order valence-corrected chi connectivity index (χ4v) is 3.08. The van der Waals surface area contributed by atoms with Crippen LogP contribution in [0.4, 0.5) is 0 Å². The summed E-state index contributed by atoms with van der Waals surface area (Å²) in [7, 11) is 0. The van der Waals surface area contributed by atoms with Crippen LogP contribution in [0.5, 0.6) is 0 Å². The summed E-state index contributed by atoms with van der Waals surface area (Å²) in [4.78, 5) is 27.6. The van der Waals surface area contributed by atoms with Crippen molar-refractivity contribution in [2.24, 2.45) is 11.7 Å². The van der Waals surface area contributed by atoms with E-state index in [0.29, 0.717) is 6.54 Å². The highest BCUT2D eigenvalue weighted by atomic mass is 16.2. The highest BCUT2D eigenvalue weighted by molar-refractivity contribution is 5.86. The number of aryl methyl sites for hydroxylation is 1. The summed E-state index contributed by atoms with van der Waals surface area (Å²) in [6.07, 6.45) is 3.03. The summed E-state index contributed by atoms with van der Waals surface area (Å²) < 4.78 is 0. The topological polar surface area (TPSA) is 100 Å². The van der Waals surface area contributed by atoms with Crippen LogP contribution in [0, 0.1) is 5.92 Å². The molecule has 0 saturated heterocycles. The molecule has 0 bridgehead atoms. The van der Waals surface area contributed by atoms with Gasteiger partial charge in [-0.3, -0.25) is 9.59 Å². The molecule has 0 aliphatic carbocycles. The van der Waals surface area contributed by atoms with Crippen molar-refractivity contribution in [3.05, 3.63) is 36.0 Å². The average Bonchev–Trinajstić information content (AvgIpc) is 3.31. The monoisotopic (exact) mass is 478 g/mol. The Kier molecular flexibility index (Phi) is 26.9. The van der Waals surface area contributed by atoms with E-state index in [4.69, 9.17) is 5.73 Å². The predicted molar refractivity (Wildman–Crippen MR) is 150 cm³/mol. The number of benzene rings is 1. The molecule has 2 atom stereocenters. The molecule has 2 amide bonds. The molecule has 2 aromatic rings. The number of para-hydroxylation sites is 1. The van der Waals surface area contributed by atoms with Gasteiger partial charge in [-0.15, -0.1) is 0 Å². The number of hydrogen-bond acceptors (Lipinski definition) is 3. The number of carbonyl (C=O) groups excluding carboxylic acids is 2. The number of hydrogen-bond donors (Lipinski definition) is 4. The van der Waals surface area contributed by atoms with E-state index in [2.05, 4.69) is 27.8 Å². The highest BCUT2D eigenvalue weighted by Crippen LogP contribution is 2.18. The Morgan fingerprint density at radius 3 is 2.09 bits per heavy atom.